The molecule has 2 atom stereocenters. The number of carboxylic acids is 1. The highest BCUT2D eigenvalue weighted by molar-refractivity contribution is 7.14. The van der Waals surface area contributed by atoms with E-state index in [2.05, 4.69) is 14.5 Å². The molecule has 0 heterocycles. The number of aliphatic hydroxyl groups excluding tert-OH is 1. The molecule has 0 aromatic heterocycles. The van der Waals surface area contributed by atoms with E-state index in [0.717, 1.165) is 24.8 Å². The molecule has 1 aliphatic rings. The van der Waals surface area contributed by atoms with E-state index in [4.69, 9.17) is 5.11 Å². The number of nitrogens with one attached hydrogen (secondary N) is 1. The van der Waals surface area contributed by atoms with Gasteiger partial charge in [0.05, 0.1) is 6.10 Å². The van der Waals surface area contributed by atoms with Crippen molar-refractivity contribution in [1.82, 2.24) is 5.09 Å². The van der Waals surface area contributed by atoms with Gasteiger partial charge in [-0.1, -0.05) is 0 Å². The van der Waals surface area contributed by atoms with Crippen LogP contribution in [0.15, 0.2) is 11.3 Å². The van der Waals surface area contributed by atoms with Crippen LogP contribution in [0, 0.1) is 0 Å². The number of aliphatic hydroxyl groups is 1. The second-order valence-electron chi connectivity index (χ2n) is 3.18. The van der Waals surface area contributed by atoms with Crippen LogP contribution in [-0.2, 0) is 4.79 Å². The fourth-order valence-corrected chi connectivity index (χ4v) is 1.91. The van der Waals surface area contributed by atoms with Crippen molar-refractivity contribution in [3.63, 3.8) is 0 Å². The van der Waals surface area contributed by atoms with E-state index in [0.29, 0.717) is 6.42 Å². The largest absolute Gasteiger partial charge is 0.477 e. The Morgan fingerprint density at radius 2 is 2.31 bits per heavy atom. The molecular weight excluding hydrogens is 189 g/mol. The predicted octanol–water partition coefficient (Wildman–Crippen LogP) is 0.640. The molecule has 1 aliphatic carbocycles. The SMILES string of the molecule is O=C(O)C(NP)=C1CCCC(O)C1. The lowest BCUT2D eigenvalue weighted by Gasteiger charge is -2.21. The summed E-state index contributed by atoms with van der Waals surface area (Å²) >= 11 is 0. The standard InChI is InChI=1S/C8H14NO3P/c10-6-3-1-2-5(4-6)7(9-13)8(11)12/h6,9-10H,1-4,13H2,(H,11,12). The van der Waals surface area contributed by atoms with Gasteiger partial charge in [-0.25, -0.2) is 4.79 Å². The molecule has 3 N–H and O–H groups in total. The average Bonchev–Trinajstić information content (AvgIpc) is 2.04. The average molecular weight is 203 g/mol. The molecule has 1 saturated carbocycles. The Labute approximate surface area is 79.3 Å². The van der Waals surface area contributed by atoms with Crippen molar-refractivity contribution >= 4 is 15.4 Å². The summed E-state index contributed by atoms with van der Waals surface area (Å²) in [6, 6.07) is 0. The molecule has 0 amide bonds. The van der Waals surface area contributed by atoms with Crippen LogP contribution in [0.5, 0.6) is 0 Å². The van der Waals surface area contributed by atoms with Crippen LogP contribution >= 0.6 is 9.39 Å². The highest BCUT2D eigenvalue weighted by Gasteiger charge is 2.20. The first-order valence-corrected chi connectivity index (χ1v) is 4.83. The second-order valence-corrected chi connectivity index (χ2v) is 3.47. The number of carbonyl (C=O) groups is 1. The van der Waals surface area contributed by atoms with Gasteiger partial charge >= 0.3 is 5.97 Å². The molecular formula is C8H14NO3P. The van der Waals surface area contributed by atoms with Crippen molar-refractivity contribution < 1.29 is 15.0 Å². The minimum absolute atomic E-state index is 0.212. The molecule has 1 rings (SSSR count). The zero-order valence-corrected chi connectivity index (χ0v) is 8.44. The zero-order chi connectivity index (χ0) is 9.84. The molecule has 0 spiro atoms. The Kier molecular flexibility index (Phi) is 3.70. The Bertz CT molecular complexity index is 240. The zero-order valence-electron chi connectivity index (χ0n) is 7.29. The van der Waals surface area contributed by atoms with Crippen LogP contribution in [0.3, 0.4) is 0 Å². The van der Waals surface area contributed by atoms with Gasteiger partial charge in [0.2, 0.25) is 0 Å². The van der Waals surface area contributed by atoms with Crippen LogP contribution < -0.4 is 5.09 Å². The van der Waals surface area contributed by atoms with Crippen LogP contribution in [0.25, 0.3) is 0 Å². The van der Waals surface area contributed by atoms with Gasteiger partial charge in [0.25, 0.3) is 0 Å². The first-order chi connectivity index (χ1) is 6.15. The highest BCUT2D eigenvalue weighted by Crippen LogP contribution is 2.25. The molecule has 13 heavy (non-hydrogen) atoms. The van der Waals surface area contributed by atoms with Crippen molar-refractivity contribution in [3.05, 3.63) is 11.3 Å². The van der Waals surface area contributed by atoms with Gasteiger partial charge in [-0.05, 0) is 40.6 Å². The quantitative estimate of drug-likeness (QED) is 0.455. The van der Waals surface area contributed by atoms with E-state index in [1.165, 1.54) is 0 Å². The molecule has 0 radical (unpaired) electrons. The minimum Gasteiger partial charge on any atom is -0.477 e. The normalized spacial score (nSPS) is 26.8. The predicted molar refractivity (Wildman–Crippen MR) is 52.0 cm³/mol. The van der Waals surface area contributed by atoms with Crippen molar-refractivity contribution in [1.29, 1.82) is 0 Å². The first kappa shape index (κ1) is 10.5. The van der Waals surface area contributed by atoms with Crippen molar-refractivity contribution in [3.8, 4) is 0 Å². The molecule has 0 bridgehead atoms. The van der Waals surface area contributed by atoms with E-state index in [9.17, 15) is 9.90 Å². The molecule has 0 aromatic carbocycles. The molecule has 1 fully saturated rings. The summed E-state index contributed by atoms with van der Waals surface area (Å²) in [5.41, 5.74) is 1.02. The van der Waals surface area contributed by atoms with Gasteiger partial charge in [0.15, 0.2) is 0 Å². The monoisotopic (exact) mass is 203 g/mol. The van der Waals surface area contributed by atoms with Gasteiger partial charge in [-0.15, -0.1) is 0 Å². The smallest absolute Gasteiger partial charge is 0.352 e. The molecule has 4 nitrogen and oxygen atoms in total. The lowest BCUT2D eigenvalue weighted by atomic mass is 9.91. The van der Waals surface area contributed by atoms with Crippen molar-refractivity contribution in [2.75, 3.05) is 0 Å². The van der Waals surface area contributed by atoms with Gasteiger partial charge in [-0.2, -0.15) is 0 Å². The topological polar surface area (TPSA) is 69.6 Å². The fourth-order valence-electron chi connectivity index (χ4n) is 1.58. The lowest BCUT2D eigenvalue weighted by Crippen LogP contribution is -2.20. The summed E-state index contributed by atoms with van der Waals surface area (Å²) in [6.07, 6.45) is 2.49. The minimum atomic E-state index is -0.959. The number of hydrogen-bond donors (Lipinski definition) is 3. The molecule has 2 unspecified atom stereocenters. The molecule has 74 valence electrons. The fraction of sp³-hybridized carbons (Fsp3) is 0.625. The van der Waals surface area contributed by atoms with E-state index in [1.807, 2.05) is 0 Å². The summed E-state index contributed by atoms with van der Waals surface area (Å²) in [4.78, 5) is 10.7. The van der Waals surface area contributed by atoms with E-state index in [-0.39, 0.29) is 11.8 Å². The summed E-state index contributed by atoms with van der Waals surface area (Å²) in [6.45, 7) is 0. The Morgan fingerprint density at radius 1 is 1.62 bits per heavy atom. The molecule has 0 aromatic rings. The highest BCUT2D eigenvalue weighted by atomic mass is 31.0. The van der Waals surface area contributed by atoms with Gasteiger partial charge in [0.1, 0.15) is 5.70 Å². The third kappa shape index (κ3) is 2.68. The summed E-state index contributed by atoms with van der Waals surface area (Å²) in [7, 11) is 2.18. The van der Waals surface area contributed by atoms with E-state index >= 15 is 0 Å². The van der Waals surface area contributed by atoms with Crippen molar-refractivity contribution in [2.24, 2.45) is 0 Å². The maximum atomic E-state index is 10.7. The first-order valence-electron chi connectivity index (χ1n) is 4.25. The summed E-state index contributed by atoms with van der Waals surface area (Å²) in [5, 5.41) is 20.7. The van der Waals surface area contributed by atoms with Crippen LogP contribution in [0.2, 0.25) is 0 Å². The van der Waals surface area contributed by atoms with Crippen LogP contribution in [-0.4, -0.2) is 22.3 Å². The lowest BCUT2D eigenvalue weighted by molar-refractivity contribution is -0.133. The maximum Gasteiger partial charge on any atom is 0.352 e. The number of aliphatic carboxylic acids is 1. The third-order valence-electron chi connectivity index (χ3n) is 2.21. The molecule has 5 heteroatoms. The van der Waals surface area contributed by atoms with E-state index in [1.54, 1.807) is 0 Å². The summed E-state index contributed by atoms with van der Waals surface area (Å²) < 4.78 is 0. The van der Waals surface area contributed by atoms with E-state index < -0.39 is 5.97 Å². The van der Waals surface area contributed by atoms with Crippen LogP contribution in [0.4, 0.5) is 0 Å². The maximum absolute atomic E-state index is 10.7. The van der Waals surface area contributed by atoms with Gasteiger partial charge in [0, 0.05) is 0 Å². The molecule has 0 aliphatic heterocycles. The third-order valence-corrected chi connectivity index (χ3v) is 2.50. The number of rotatable bonds is 2. The van der Waals surface area contributed by atoms with Gasteiger partial charge in [-0.3, -0.25) is 0 Å². The Hall–Kier alpha value is -0.600. The second kappa shape index (κ2) is 4.58. The Morgan fingerprint density at radius 3 is 2.77 bits per heavy atom. The van der Waals surface area contributed by atoms with Crippen LogP contribution in [0.1, 0.15) is 25.7 Å². The molecule has 0 saturated heterocycles. The number of hydrogen-bond acceptors (Lipinski definition) is 3. The summed E-state index contributed by atoms with van der Waals surface area (Å²) in [5.74, 6) is -0.959. The Balaban J connectivity index is 2.80. The number of carboxylic acid groups (broad SMARTS) is 1. The van der Waals surface area contributed by atoms with Crippen molar-refractivity contribution in [2.45, 2.75) is 31.8 Å². The van der Waals surface area contributed by atoms with Gasteiger partial charge < -0.3 is 15.3 Å².